The maximum atomic E-state index is 12.6. The smallest absolute Gasteiger partial charge is 0.343 e. The van der Waals surface area contributed by atoms with E-state index in [1.54, 1.807) is 16.8 Å². The van der Waals surface area contributed by atoms with Crippen LogP contribution in [0.25, 0.3) is 0 Å². The first-order chi connectivity index (χ1) is 10.3. The van der Waals surface area contributed by atoms with Gasteiger partial charge < -0.3 is 10.6 Å². The summed E-state index contributed by atoms with van der Waals surface area (Å²) in [6.45, 7) is 0.814. The molecule has 2 rings (SSSR count). The lowest BCUT2D eigenvalue weighted by Gasteiger charge is -2.06. The highest BCUT2D eigenvalue weighted by atomic mass is 32.1. The van der Waals surface area contributed by atoms with Gasteiger partial charge in [0.15, 0.2) is 5.82 Å². The molecule has 22 heavy (non-hydrogen) atoms. The van der Waals surface area contributed by atoms with Crippen molar-refractivity contribution in [2.24, 2.45) is 0 Å². The Morgan fingerprint density at radius 1 is 1.41 bits per heavy atom. The third-order valence-electron chi connectivity index (χ3n) is 2.74. The zero-order valence-electron chi connectivity index (χ0n) is 11.2. The second-order valence-corrected chi connectivity index (χ2v) is 5.09. The normalized spacial score (nSPS) is 11.3. The first kappa shape index (κ1) is 16.0. The van der Waals surface area contributed by atoms with E-state index >= 15 is 0 Å². The number of aromatic nitrogens is 2. The average molecular weight is 332 g/mol. The summed E-state index contributed by atoms with van der Waals surface area (Å²) in [4.78, 5) is 23.2. The minimum Gasteiger partial charge on any atom is -0.343 e. The fourth-order valence-corrected chi connectivity index (χ4v) is 2.26. The van der Waals surface area contributed by atoms with E-state index in [-0.39, 0.29) is 17.9 Å². The molecular weight excluding hydrogens is 321 g/mol. The molecule has 0 spiro atoms. The minimum absolute atomic E-state index is 0.218. The van der Waals surface area contributed by atoms with Crippen LogP contribution < -0.4 is 10.6 Å². The van der Waals surface area contributed by atoms with Crippen molar-refractivity contribution in [1.29, 1.82) is 0 Å². The highest BCUT2D eigenvalue weighted by Gasteiger charge is 2.36. The number of anilines is 1. The predicted molar refractivity (Wildman–Crippen MR) is 73.6 cm³/mol. The number of rotatable bonds is 4. The van der Waals surface area contributed by atoms with Crippen molar-refractivity contribution in [2.75, 3.05) is 11.9 Å². The van der Waals surface area contributed by atoms with Crippen LogP contribution in [0, 0.1) is 6.92 Å². The van der Waals surface area contributed by atoms with E-state index in [1.807, 2.05) is 5.10 Å². The van der Waals surface area contributed by atoms with Gasteiger partial charge in [-0.15, -0.1) is 0 Å². The Kier molecular flexibility index (Phi) is 4.50. The maximum Gasteiger partial charge on any atom is 0.433 e. The molecule has 0 fully saturated rings. The van der Waals surface area contributed by atoms with Gasteiger partial charge in [0.1, 0.15) is 5.69 Å². The lowest BCUT2D eigenvalue weighted by atomic mass is 10.2. The molecule has 0 aliphatic heterocycles. The first-order valence-electron chi connectivity index (χ1n) is 6.01. The van der Waals surface area contributed by atoms with Crippen molar-refractivity contribution < 1.29 is 22.8 Å². The van der Waals surface area contributed by atoms with E-state index in [0.29, 0.717) is 5.56 Å². The van der Waals surface area contributed by atoms with E-state index in [4.69, 9.17) is 0 Å². The monoisotopic (exact) mass is 332 g/mol. The zero-order chi connectivity index (χ0) is 16.3. The van der Waals surface area contributed by atoms with Crippen LogP contribution in [0.2, 0.25) is 0 Å². The molecule has 2 heterocycles. The summed E-state index contributed by atoms with van der Waals surface area (Å²) in [6.07, 6.45) is -4.58. The standard InChI is InChI=1S/C12H11F3N4O2S/c1-6-9(12(13,14)15)18-19-10(6)17-8(20)4-16-11(21)7-2-3-22-5-7/h2-3,5H,4H2,1H3,(H,16,21)(H2,17,18,19,20). The number of halogens is 3. The van der Waals surface area contributed by atoms with E-state index in [1.165, 1.54) is 18.3 Å². The largest absolute Gasteiger partial charge is 0.433 e. The molecule has 118 valence electrons. The van der Waals surface area contributed by atoms with Crippen molar-refractivity contribution in [2.45, 2.75) is 13.1 Å². The molecule has 2 amide bonds. The van der Waals surface area contributed by atoms with Gasteiger partial charge in [-0.05, 0) is 18.4 Å². The van der Waals surface area contributed by atoms with Crippen molar-refractivity contribution in [3.05, 3.63) is 33.6 Å². The number of carbonyl (C=O) groups excluding carboxylic acids is 2. The number of thiophene rings is 1. The van der Waals surface area contributed by atoms with E-state index in [9.17, 15) is 22.8 Å². The lowest BCUT2D eigenvalue weighted by Crippen LogP contribution is -2.32. The van der Waals surface area contributed by atoms with Gasteiger partial charge >= 0.3 is 6.18 Å². The fraction of sp³-hybridized carbons (Fsp3) is 0.250. The summed E-state index contributed by atoms with van der Waals surface area (Å²) in [6, 6.07) is 1.59. The Hall–Kier alpha value is -2.36. The van der Waals surface area contributed by atoms with Crippen molar-refractivity contribution in [1.82, 2.24) is 15.5 Å². The molecule has 0 saturated carbocycles. The Balaban J connectivity index is 1.93. The highest BCUT2D eigenvalue weighted by molar-refractivity contribution is 7.08. The van der Waals surface area contributed by atoms with Crippen LogP contribution in [0.4, 0.5) is 19.0 Å². The van der Waals surface area contributed by atoms with Crippen LogP contribution in [0.15, 0.2) is 16.8 Å². The molecule has 0 saturated heterocycles. The number of aromatic amines is 1. The average Bonchev–Trinajstić information content (AvgIpc) is 3.06. The second kappa shape index (κ2) is 6.18. The van der Waals surface area contributed by atoms with E-state index < -0.39 is 23.7 Å². The zero-order valence-corrected chi connectivity index (χ0v) is 12.1. The Morgan fingerprint density at radius 2 is 2.14 bits per heavy atom. The molecular formula is C12H11F3N4O2S. The second-order valence-electron chi connectivity index (χ2n) is 4.31. The predicted octanol–water partition coefficient (Wildman–Crippen LogP) is 2.17. The van der Waals surface area contributed by atoms with Crippen LogP contribution in [0.1, 0.15) is 21.6 Å². The number of H-pyrrole nitrogens is 1. The van der Waals surface area contributed by atoms with Gasteiger partial charge in [-0.3, -0.25) is 14.7 Å². The van der Waals surface area contributed by atoms with Gasteiger partial charge in [-0.25, -0.2) is 0 Å². The Bertz CT molecular complexity index is 679. The van der Waals surface area contributed by atoms with Gasteiger partial charge in [-0.2, -0.15) is 29.6 Å². The SMILES string of the molecule is Cc1c(NC(=O)CNC(=O)c2ccsc2)n[nH]c1C(F)(F)F. The van der Waals surface area contributed by atoms with Crippen molar-refractivity contribution >= 4 is 29.0 Å². The number of alkyl halides is 3. The van der Waals surface area contributed by atoms with E-state index in [0.717, 1.165) is 0 Å². The molecule has 6 nitrogen and oxygen atoms in total. The van der Waals surface area contributed by atoms with Crippen molar-refractivity contribution in [3.8, 4) is 0 Å². The minimum atomic E-state index is -4.58. The molecule has 0 unspecified atom stereocenters. The third-order valence-corrected chi connectivity index (χ3v) is 3.43. The van der Waals surface area contributed by atoms with Gasteiger partial charge in [0, 0.05) is 16.5 Å². The van der Waals surface area contributed by atoms with Gasteiger partial charge in [-0.1, -0.05) is 0 Å². The van der Waals surface area contributed by atoms with Crippen LogP contribution in [-0.2, 0) is 11.0 Å². The molecule has 3 N–H and O–H groups in total. The lowest BCUT2D eigenvalue weighted by molar-refractivity contribution is -0.141. The molecule has 0 radical (unpaired) electrons. The number of nitrogens with zero attached hydrogens (tertiary/aromatic N) is 1. The summed E-state index contributed by atoms with van der Waals surface area (Å²) < 4.78 is 37.7. The van der Waals surface area contributed by atoms with Gasteiger partial charge in [0.25, 0.3) is 5.91 Å². The maximum absolute atomic E-state index is 12.6. The van der Waals surface area contributed by atoms with Crippen LogP contribution in [-0.4, -0.2) is 28.6 Å². The van der Waals surface area contributed by atoms with Gasteiger partial charge in [0.2, 0.25) is 5.91 Å². The first-order valence-corrected chi connectivity index (χ1v) is 6.95. The topological polar surface area (TPSA) is 86.9 Å². The van der Waals surface area contributed by atoms with Crippen LogP contribution in [0.5, 0.6) is 0 Å². The van der Waals surface area contributed by atoms with Crippen LogP contribution >= 0.6 is 11.3 Å². The summed E-state index contributed by atoms with van der Waals surface area (Å²) in [7, 11) is 0. The highest BCUT2D eigenvalue weighted by Crippen LogP contribution is 2.32. The number of hydrogen-bond donors (Lipinski definition) is 3. The number of amides is 2. The fourth-order valence-electron chi connectivity index (χ4n) is 1.63. The number of carbonyl (C=O) groups is 2. The van der Waals surface area contributed by atoms with Crippen molar-refractivity contribution in [3.63, 3.8) is 0 Å². The molecule has 0 aromatic carbocycles. The Morgan fingerprint density at radius 3 is 2.68 bits per heavy atom. The molecule has 2 aromatic heterocycles. The number of nitrogens with one attached hydrogen (secondary N) is 3. The number of hydrogen-bond acceptors (Lipinski definition) is 4. The summed E-state index contributed by atoms with van der Waals surface area (Å²) in [5.41, 5.74) is -0.830. The Labute approximate surface area is 126 Å². The third kappa shape index (κ3) is 3.64. The quantitative estimate of drug-likeness (QED) is 0.802. The molecule has 2 aromatic rings. The van der Waals surface area contributed by atoms with Gasteiger partial charge in [0.05, 0.1) is 6.54 Å². The molecule has 0 atom stereocenters. The molecule has 0 bridgehead atoms. The molecule has 10 heteroatoms. The summed E-state index contributed by atoms with van der Waals surface area (Å²) in [5.74, 6) is -1.33. The van der Waals surface area contributed by atoms with Crippen LogP contribution in [0.3, 0.4) is 0 Å². The molecule has 0 aliphatic rings. The summed E-state index contributed by atoms with van der Waals surface area (Å²) in [5, 5.41) is 13.1. The summed E-state index contributed by atoms with van der Waals surface area (Å²) >= 11 is 1.33. The van der Waals surface area contributed by atoms with E-state index in [2.05, 4.69) is 15.7 Å². The molecule has 0 aliphatic carbocycles.